The van der Waals surface area contributed by atoms with Crippen molar-refractivity contribution in [1.82, 2.24) is 10.6 Å². The van der Waals surface area contributed by atoms with E-state index in [1.165, 1.54) is 18.2 Å². The summed E-state index contributed by atoms with van der Waals surface area (Å²) in [5.74, 6) is 0.115. The van der Waals surface area contributed by atoms with Gasteiger partial charge < -0.3 is 15.4 Å². The summed E-state index contributed by atoms with van der Waals surface area (Å²) in [6.45, 7) is 2.48. The molecule has 0 bridgehead atoms. The summed E-state index contributed by atoms with van der Waals surface area (Å²) >= 11 is 0. The molecule has 7 heteroatoms. The number of benzene rings is 2. The van der Waals surface area contributed by atoms with Crippen molar-refractivity contribution in [3.8, 4) is 11.8 Å². The van der Waals surface area contributed by atoms with Crippen molar-refractivity contribution in [1.29, 1.82) is 5.26 Å². The Morgan fingerprint density at radius 3 is 2.69 bits per heavy atom. The Kier molecular flexibility index (Phi) is 6.92. The Morgan fingerprint density at radius 2 is 2.04 bits per heavy atom. The van der Waals surface area contributed by atoms with Gasteiger partial charge in [0.05, 0.1) is 18.2 Å². The van der Waals surface area contributed by atoms with Crippen LogP contribution in [0.15, 0.2) is 47.5 Å². The van der Waals surface area contributed by atoms with Gasteiger partial charge in [0.25, 0.3) is 0 Å². The molecule has 2 N–H and O–H groups in total. The van der Waals surface area contributed by atoms with Gasteiger partial charge >= 0.3 is 0 Å². The number of aliphatic imine (C=N–C) groups is 1. The molecule has 136 valence electrons. The van der Waals surface area contributed by atoms with E-state index in [0.717, 1.165) is 0 Å². The second kappa shape index (κ2) is 9.37. The highest BCUT2D eigenvalue weighted by Crippen LogP contribution is 2.13. The molecular weight excluding hydrogens is 338 g/mol. The Balaban J connectivity index is 1.83. The van der Waals surface area contributed by atoms with Crippen molar-refractivity contribution in [2.45, 2.75) is 19.6 Å². The minimum Gasteiger partial charge on any atom is -0.489 e. The summed E-state index contributed by atoms with van der Waals surface area (Å²) < 4.78 is 32.7. The largest absolute Gasteiger partial charge is 0.489 e. The van der Waals surface area contributed by atoms with Crippen molar-refractivity contribution in [3.05, 3.63) is 65.2 Å². The molecule has 26 heavy (non-hydrogen) atoms. The maximum absolute atomic E-state index is 13.9. The fraction of sp³-hybridized carbons (Fsp3) is 0.263. The van der Waals surface area contributed by atoms with Crippen LogP contribution in [0, 0.1) is 23.0 Å². The standard InChI is InChI=1S/C19H20F2N4O/c1-13(26-17-5-3-4-16(20)9-17)11-24-19(23-2)25-12-15-7-6-14(10-22)8-18(15)21/h3-9,13H,11-12H2,1-2H3,(H2,23,24,25). The van der Waals surface area contributed by atoms with Crippen LogP contribution in [0.25, 0.3) is 0 Å². The predicted octanol–water partition coefficient (Wildman–Crippen LogP) is 2.97. The summed E-state index contributed by atoms with van der Waals surface area (Å²) in [6.07, 6.45) is -0.234. The molecule has 2 aromatic carbocycles. The highest BCUT2D eigenvalue weighted by molar-refractivity contribution is 5.79. The van der Waals surface area contributed by atoms with Crippen LogP contribution in [0.1, 0.15) is 18.1 Å². The topological polar surface area (TPSA) is 69.4 Å². The zero-order valence-corrected chi connectivity index (χ0v) is 14.6. The van der Waals surface area contributed by atoms with E-state index in [2.05, 4.69) is 15.6 Å². The van der Waals surface area contributed by atoms with Gasteiger partial charge in [0.1, 0.15) is 23.5 Å². The lowest BCUT2D eigenvalue weighted by molar-refractivity contribution is 0.223. The Bertz CT molecular complexity index is 817. The van der Waals surface area contributed by atoms with Crippen LogP contribution in [0.2, 0.25) is 0 Å². The first-order valence-electron chi connectivity index (χ1n) is 8.07. The third-order valence-electron chi connectivity index (χ3n) is 3.54. The lowest BCUT2D eigenvalue weighted by atomic mass is 10.1. The van der Waals surface area contributed by atoms with Gasteiger partial charge in [-0.1, -0.05) is 12.1 Å². The van der Waals surface area contributed by atoms with Crippen molar-refractivity contribution in [2.75, 3.05) is 13.6 Å². The SMILES string of the molecule is CN=C(NCc1ccc(C#N)cc1F)NCC(C)Oc1cccc(F)c1. The number of hydrogen-bond donors (Lipinski definition) is 2. The molecule has 5 nitrogen and oxygen atoms in total. The van der Waals surface area contributed by atoms with Gasteiger partial charge in [-0.25, -0.2) is 8.78 Å². The molecule has 1 unspecified atom stereocenters. The Morgan fingerprint density at radius 1 is 1.23 bits per heavy atom. The number of halogens is 2. The zero-order valence-electron chi connectivity index (χ0n) is 14.6. The molecule has 0 aromatic heterocycles. The van der Waals surface area contributed by atoms with E-state index < -0.39 is 5.82 Å². The molecule has 0 aliphatic rings. The van der Waals surface area contributed by atoms with Gasteiger partial charge in [-0.15, -0.1) is 0 Å². The molecule has 0 saturated heterocycles. The van der Waals surface area contributed by atoms with Gasteiger partial charge in [-0.05, 0) is 31.2 Å². The maximum Gasteiger partial charge on any atom is 0.191 e. The van der Waals surface area contributed by atoms with E-state index in [-0.39, 0.29) is 24.0 Å². The van der Waals surface area contributed by atoms with E-state index in [9.17, 15) is 8.78 Å². The molecule has 2 aromatic rings. The van der Waals surface area contributed by atoms with Crippen molar-refractivity contribution in [3.63, 3.8) is 0 Å². The molecule has 0 fully saturated rings. The molecule has 1 atom stereocenters. The predicted molar refractivity (Wildman–Crippen MR) is 95.8 cm³/mol. The Hall–Kier alpha value is -3.14. The lowest BCUT2D eigenvalue weighted by Crippen LogP contribution is -2.41. The molecule has 0 amide bonds. The average Bonchev–Trinajstić information content (AvgIpc) is 2.62. The number of rotatable bonds is 6. The van der Waals surface area contributed by atoms with Crippen LogP contribution in [0.3, 0.4) is 0 Å². The van der Waals surface area contributed by atoms with Crippen molar-refractivity contribution < 1.29 is 13.5 Å². The van der Waals surface area contributed by atoms with E-state index in [1.54, 1.807) is 31.3 Å². The molecule has 0 aliphatic carbocycles. The third-order valence-corrected chi connectivity index (χ3v) is 3.54. The quantitative estimate of drug-likeness (QED) is 0.615. The monoisotopic (exact) mass is 358 g/mol. The minimum absolute atomic E-state index is 0.219. The molecule has 0 saturated carbocycles. The molecule has 0 heterocycles. The Labute approximate surface area is 151 Å². The lowest BCUT2D eigenvalue weighted by Gasteiger charge is -2.18. The van der Waals surface area contributed by atoms with Crippen LogP contribution in [0.4, 0.5) is 8.78 Å². The van der Waals surface area contributed by atoms with Crippen LogP contribution in [0.5, 0.6) is 5.75 Å². The van der Waals surface area contributed by atoms with Crippen LogP contribution >= 0.6 is 0 Å². The fourth-order valence-electron chi connectivity index (χ4n) is 2.21. The zero-order chi connectivity index (χ0) is 18.9. The molecule has 2 rings (SSSR count). The smallest absolute Gasteiger partial charge is 0.191 e. The van der Waals surface area contributed by atoms with E-state index in [4.69, 9.17) is 10.00 Å². The number of nitrogens with zero attached hydrogens (tertiary/aromatic N) is 2. The minimum atomic E-state index is -0.449. The van der Waals surface area contributed by atoms with Gasteiger partial charge in [-0.3, -0.25) is 4.99 Å². The van der Waals surface area contributed by atoms with E-state index >= 15 is 0 Å². The number of nitrogens with one attached hydrogen (secondary N) is 2. The normalized spacial score (nSPS) is 12.2. The van der Waals surface area contributed by atoms with Gasteiger partial charge in [0.15, 0.2) is 5.96 Å². The van der Waals surface area contributed by atoms with Crippen LogP contribution in [-0.2, 0) is 6.54 Å². The summed E-state index contributed by atoms with van der Waals surface area (Å²) in [5.41, 5.74) is 0.702. The number of hydrogen-bond acceptors (Lipinski definition) is 3. The number of guanidine groups is 1. The number of ether oxygens (including phenoxy) is 1. The van der Waals surface area contributed by atoms with Crippen LogP contribution < -0.4 is 15.4 Å². The first-order chi connectivity index (χ1) is 12.5. The van der Waals surface area contributed by atoms with Crippen molar-refractivity contribution in [2.24, 2.45) is 4.99 Å². The fourth-order valence-corrected chi connectivity index (χ4v) is 2.21. The van der Waals surface area contributed by atoms with Crippen molar-refractivity contribution >= 4 is 5.96 Å². The average molecular weight is 358 g/mol. The summed E-state index contributed by atoms with van der Waals surface area (Å²) in [4.78, 5) is 4.06. The van der Waals surface area contributed by atoms with E-state index in [0.29, 0.717) is 23.8 Å². The summed E-state index contributed by atoms with van der Waals surface area (Å²) in [7, 11) is 1.60. The number of nitriles is 1. The second-order valence-corrected chi connectivity index (χ2v) is 5.61. The van der Waals surface area contributed by atoms with Gasteiger partial charge in [0.2, 0.25) is 0 Å². The summed E-state index contributed by atoms with van der Waals surface area (Å²) in [5, 5.41) is 14.8. The second-order valence-electron chi connectivity index (χ2n) is 5.61. The highest BCUT2D eigenvalue weighted by Gasteiger charge is 2.08. The van der Waals surface area contributed by atoms with Gasteiger partial charge in [-0.2, -0.15) is 5.26 Å². The highest BCUT2D eigenvalue weighted by atomic mass is 19.1. The molecular formula is C19H20F2N4O. The summed E-state index contributed by atoms with van der Waals surface area (Å²) in [6, 6.07) is 12.1. The molecule has 0 aliphatic heterocycles. The third kappa shape index (κ3) is 5.74. The molecule has 0 radical (unpaired) electrons. The van der Waals surface area contributed by atoms with Crippen LogP contribution in [-0.4, -0.2) is 25.7 Å². The first-order valence-corrected chi connectivity index (χ1v) is 8.07. The van der Waals surface area contributed by atoms with E-state index in [1.807, 2.05) is 13.0 Å². The first kappa shape index (κ1) is 19.2. The van der Waals surface area contributed by atoms with Gasteiger partial charge in [0, 0.05) is 25.2 Å². The maximum atomic E-state index is 13.9. The molecule has 0 spiro atoms.